The molecule has 0 bridgehead atoms. The molecule has 0 fully saturated rings. The van der Waals surface area contributed by atoms with Crippen LogP contribution < -0.4 is 19.1 Å². The number of ether oxygens (including phenoxy) is 2. The maximum Gasteiger partial charge on any atom is 0.264 e. The SMILES string of the molecule is CCc1ccc([C@H](C)NC(=O)CN(c2cc(C)cc(C)c2)S(=O)(=O)c2ccc(OC)c(OC)c2)cc1. The van der Waals surface area contributed by atoms with Crippen molar-refractivity contribution in [3.05, 3.63) is 82.9 Å². The number of sulfonamides is 1. The highest BCUT2D eigenvalue weighted by Crippen LogP contribution is 2.32. The first-order valence-corrected chi connectivity index (χ1v) is 13.2. The summed E-state index contributed by atoms with van der Waals surface area (Å²) < 4.78 is 39.4. The van der Waals surface area contributed by atoms with E-state index in [9.17, 15) is 13.2 Å². The molecule has 8 heteroatoms. The number of carbonyl (C=O) groups excluding carboxylic acids is 1. The lowest BCUT2D eigenvalue weighted by Crippen LogP contribution is -2.41. The van der Waals surface area contributed by atoms with Gasteiger partial charge in [0.25, 0.3) is 10.0 Å². The topological polar surface area (TPSA) is 84.9 Å². The van der Waals surface area contributed by atoms with E-state index in [0.717, 1.165) is 27.4 Å². The molecular formula is C28H34N2O5S. The number of nitrogens with one attached hydrogen (secondary N) is 1. The standard InChI is InChI=1S/C28H34N2O5S/c1-7-22-8-10-23(11-9-22)21(4)29-28(31)18-30(24-15-19(2)14-20(3)16-24)36(32,33)25-12-13-26(34-5)27(17-25)35-6/h8-17,21H,7,18H2,1-6H3,(H,29,31)/t21-/m0/s1. The molecule has 192 valence electrons. The Hall–Kier alpha value is -3.52. The molecule has 0 heterocycles. The van der Waals surface area contributed by atoms with Gasteiger partial charge in [0.05, 0.1) is 30.8 Å². The van der Waals surface area contributed by atoms with Crippen LogP contribution in [0.2, 0.25) is 0 Å². The fourth-order valence-electron chi connectivity index (χ4n) is 4.06. The molecule has 7 nitrogen and oxygen atoms in total. The van der Waals surface area contributed by atoms with Gasteiger partial charge in [-0.1, -0.05) is 37.3 Å². The van der Waals surface area contributed by atoms with Gasteiger partial charge in [-0.15, -0.1) is 0 Å². The van der Waals surface area contributed by atoms with Gasteiger partial charge in [0.2, 0.25) is 5.91 Å². The van der Waals surface area contributed by atoms with Crippen molar-refractivity contribution >= 4 is 21.6 Å². The van der Waals surface area contributed by atoms with Crippen molar-refractivity contribution in [3.8, 4) is 11.5 Å². The Morgan fingerprint density at radius 2 is 1.53 bits per heavy atom. The number of rotatable bonds is 10. The number of methoxy groups -OCH3 is 2. The molecule has 3 rings (SSSR count). The second-order valence-electron chi connectivity index (χ2n) is 8.76. The molecule has 0 aliphatic carbocycles. The number of amides is 1. The van der Waals surface area contributed by atoms with Crippen molar-refractivity contribution in [2.75, 3.05) is 25.1 Å². The fraction of sp³-hybridized carbons (Fsp3) is 0.321. The molecule has 0 aliphatic heterocycles. The Morgan fingerprint density at radius 3 is 2.08 bits per heavy atom. The number of hydrogen-bond acceptors (Lipinski definition) is 5. The molecule has 1 amide bonds. The van der Waals surface area contributed by atoms with E-state index in [2.05, 4.69) is 12.2 Å². The third kappa shape index (κ3) is 6.18. The normalized spacial score (nSPS) is 12.1. The monoisotopic (exact) mass is 510 g/mol. The van der Waals surface area contributed by atoms with Crippen LogP contribution in [0, 0.1) is 13.8 Å². The van der Waals surface area contributed by atoms with Gasteiger partial charge >= 0.3 is 0 Å². The molecule has 0 spiro atoms. The lowest BCUT2D eigenvalue weighted by molar-refractivity contribution is -0.120. The first-order valence-electron chi connectivity index (χ1n) is 11.8. The van der Waals surface area contributed by atoms with Crippen molar-refractivity contribution in [3.63, 3.8) is 0 Å². The minimum absolute atomic E-state index is 0.00434. The maximum atomic E-state index is 13.8. The van der Waals surface area contributed by atoms with Crippen molar-refractivity contribution in [1.82, 2.24) is 5.32 Å². The third-order valence-corrected chi connectivity index (χ3v) is 7.76. The zero-order valence-corrected chi connectivity index (χ0v) is 22.5. The average Bonchev–Trinajstić information content (AvgIpc) is 2.86. The van der Waals surface area contributed by atoms with E-state index in [0.29, 0.717) is 11.4 Å². The summed E-state index contributed by atoms with van der Waals surface area (Å²) in [6.45, 7) is 7.36. The highest BCUT2D eigenvalue weighted by molar-refractivity contribution is 7.92. The van der Waals surface area contributed by atoms with E-state index >= 15 is 0 Å². The number of hydrogen-bond donors (Lipinski definition) is 1. The summed E-state index contributed by atoms with van der Waals surface area (Å²) in [7, 11) is -1.19. The van der Waals surface area contributed by atoms with Crippen LogP contribution in [0.4, 0.5) is 5.69 Å². The van der Waals surface area contributed by atoms with Gasteiger partial charge in [-0.3, -0.25) is 9.10 Å². The molecular weight excluding hydrogens is 476 g/mol. The average molecular weight is 511 g/mol. The summed E-state index contributed by atoms with van der Waals surface area (Å²) in [6.07, 6.45) is 0.930. The Labute approximate surface area is 214 Å². The Bertz CT molecular complexity index is 1300. The zero-order valence-electron chi connectivity index (χ0n) is 21.7. The van der Waals surface area contributed by atoms with Gasteiger partial charge in [-0.05, 0) is 73.7 Å². The summed E-state index contributed by atoms with van der Waals surface area (Å²) in [6, 6.07) is 17.6. The maximum absolute atomic E-state index is 13.8. The van der Waals surface area contributed by atoms with Crippen LogP contribution in [0.5, 0.6) is 11.5 Å². The fourth-order valence-corrected chi connectivity index (χ4v) is 5.48. The van der Waals surface area contributed by atoms with Gasteiger partial charge in [-0.25, -0.2) is 8.42 Å². The van der Waals surface area contributed by atoms with E-state index < -0.39 is 15.9 Å². The number of nitrogens with zero attached hydrogens (tertiary/aromatic N) is 1. The Kier molecular flexibility index (Phi) is 8.63. The van der Waals surface area contributed by atoms with E-state index in [1.807, 2.05) is 51.1 Å². The smallest absolute Gasteiger partial charge is 0.264 e. The second kappa shape index (κ2) is 11.5. The van der Waals surface area contributed by atoms with Gasteiger partial charge < -0.3 is 14.8 Å². The molecule has 0 radical (unpaired) electrons. The van der Waals surface area contributed by atoms with E-state index in [1.165, 1.54) is 38.0 Å². The van der Waals surface area contributed by atoms with E-state index in [4.69, 9.17) is 9.47 Å². The molecule has 0 aromatic heterocycles. The molecule has 36 heavy (non-hydrogen) atoms. The van der Waals surface area contributed by atoms with Crippen LogP contribution >= 0.6 is 0 Å². The Balaban J connectivity index is 1.96. The first-order chi connectivity index (χ1) is 17.1. The summed E-state index contributed by atoms with van der Waals surface area (Å²) >= 11 is 0. The van der Waals surface area contributed by atoms with Crippen LogP contribution in [0.1, 0.15) is 42.1 Å². The molecule has 0 aliphatic rings. The number of aryl methyl sites for hydroxylation is 3. The second-order valence-corrected chi connectivity index (χ2v) is 10.6. The molecule has 3 aromatic carbocycles. The molecule has 0 unspecified atom stereocenters. The highest BCUT2D eigenvalue weighted by atomic mass is 32.2. The first kappa shape index (κ1) is 27.1. The third-order valence-electron chi connectivity index (χ3n) is 5.99. The van der Waals surface area contributed by atoms with E-state index in [-0.39, 0.29) is 23.2 Å². The lowest BCUT2D eigenvalue weighted by atomic mass is 10.1. The summed E-state index contributed by atoms with van der Waals surface area (Å²) in [5.41, 5.74) is 4.35. The van der Waals surface area contributed by atoms with Crippen LogP contribution in [0.15, 0.2) is 65.6 Å². The molecule has 0 saturated heterocycles. The molecule has 1 N–H and O–H groups in total. The van der Waals surface area contributed by atoms with Gasteiger partial charge in [0, 0.05) is 6.07 Å². The van der Waals surface area contributed by atoms with Crippen LogP contribution in [0.25, 0.3) is 0 Å². The van der Waals surface area contributed by atoms with Crippen LogP contribution in [-0.4, -0.2) is 35.1 Å². The summed E-state index contributed by atoms with van der Waals surface area (Å²) in [4.78, 5) is 13.1. The van der Waals surface area contributed by atoms with Crippen molar-refractivity contribution in [2.45, 2.75) is 45.1 Å². The quantitative estimate of drug-likeness (QED) is 0.417. The summed E-state index contributed by atoms with van der Waals surface area (Å²) in [5, 5.41) is 2.94. The van der Waals surface area contributed by atoms with Gasteiger partial charge in [0.1, 0.15) is 6.54 Å². The molecule has 1 atom stereocenters. The Morgan fingerprint density at radius 1 is 0.917 bits per heavy atom. The zero-order chi connectivity index (χ0) is 26.5. The van der Waals surface area contributed by atoms with Gasteiger partial charge in [0.15, 0.2) is 11.5 Å². The summed E-state index contributed by atoms with van der Waals surface area (Å²) in [5.74, 6) is 0.285. The predicted octanol–water partition coefficient (Wildman–Crippen LogP) is 4.96. The number of anilines is 1. The van der Waals surface area contributed by atoms with E-state index in [1.54, 1.807) is 12.1 Å². The van der Waals surface area contributed by atoms with Crippen molar-refractivity contribution < 1.29 is 22.7 Å². The highest BCUT2D eigenvalue weighted by Gasteiger charge is 2.29. The van der Waals surface area contributed by atoms with Crippen LogP contribution in [-0.2, 0) is 21.2 Å². The van der Waals surface area contributed by atoms with Crippen molar-refractivity contribution in [2.24, 2.45) is 0 Å². The van der Waals surface area contributed by atoms with Crippen LogP contribution in [0.3, 0.4) is 0 Å². The van der Waals surface area contributed by atoms with Gasteiger partial charge in [-0.2, -0.15) is 0 Å². The molecule has 3 aromatic rings. The lowest BCUT2D eigenvalue weighted by Gasteiger charge is -2.26. The minimum Gasteiger partial charge on any atom is -0.493 e. The largest absolute Gasteiger partial charge is 0.493 e. The minimum atomic E-state index is -4.11. The predicted molar refractivity (Wildman–Crippen MR) is 142 cm³/mol. The number of benzene rings is 3. The molecule has 0 saturated carbocycles. The van der Waals surface area contributed by atoms with Crippen molar-refractivity contribution in [1.29, 1.82) is 0 Å². The number of carbonyl (C=O) groups is 1.